The molecule has 34 heavy (non-hydrogen) atoms. The third kappa shape index (κ3) is 5.25. The number of carbonyl (C=O) groups excluding carboxylic acids is 1. The third-order valence-corrected chi connectivity index (χ3v) is 7.92. The number of aromatic nitrogens is 3. The van der Waals surface area contributed by atoms with E-state index in [2.05, 4.69) is 40.3 Å². The van der Waals surface area contributed by atoms with E-state index in [0.717, 1.165) is 73.6 Å². The Kier molecular flexibility index (Phi) is 7.09. The van der Waals surface area contributed by atoms with Crippen LogP contribution in [0.3, 0.4) is 0 Å². The molecule has 2 aliphatic rings. The summed E-state index contributed by atoms with van der Waals surface area (Å²) < 4.78 is 1.76. The van der Waals surface area contributed by atoms with Crippen LogP contribution in [0.1, 0.15) is 41.8 Å². The topological polar surface area (TPSA) is 68.1 Å². The van der Waals surface area contributed by atoms with Crippen molar-refractivity contribution in [3.8, 4) is 0 Å². The molecule has 3 aromatic rings. The van der Waals surface area contributed by atoms with Crippen LogP contribution in [0.4, 0.5) is 0 Å². The number of pyridine rings is 1. The average molecular weight is 475 g/mol. The van der Waals surface area contributed by atoms with Crippen molar-refractivity contribution in [1.82, 2.24) is 19.4 Å². The second-order valence-corrected chi connectivity index (χ2v) is 10.2. The van der Waals surface area contributed by atoms with Gasteiger partial charge in [-0.1, -0.05) is 48.2 Å². The van der Waals surface area contributed by atoms with Gasteiger partial charge in [0.1, 0.15) is 5.03 Å². The normalized spacial score (nSPS) is 15.9. The molecule has 1 fully saturated rings. The number of likely N-dealkylation sites (tertiary alicyclic amines) is 1. The van der Waals surface area contributed by atoms with Crippen molar-refractivity contribution in [2.24, 2.45) is 5.92 Å². The molecular weight excluding hydrogens is 444 g/mol. The van der Waals surface area contributed by atoms with Gasteiger partial charge in [-0.25, -0.2) is 4.79 Å². The van der Waals surface area contributed by atoms with E-state index in [9.17, 15) is 9.59 Å². The lowest BCUT2D eigenvalue weighted by atomic mass is 9.90. The Labute approximate surface area is 204 Å². The van der Waals surface area contributed by atoms with Gasteiger partial charge in [0, 0.05) is 30.5 Å². The van der Waals surface area contributed by atoms with Gasteiger partial charge in [-0.05, 0) is 62.1 Å². The second-order valence-electron chi connectivity index (χ2n) is 9.19. The third-order valence-electron chi connectivity index (χ3n) is 6.91. The zero-order chi connectivity index (χ0) is 23.3. The highest BCUT2D eigenvalue weighted by molar-refractivity contribution is 7.99. The van der Waals surface area contributed by atoms with Gasteiger partial charge >= 0.3 is 5.69 Å². The molecule has 1 amide bonds. The van der Waals surface area contributed by atoms with Crippen molar-refractivity contribution in [3.63, 3.8) is 0 Å². The van der Waals surface area contributed by atoms with Crippen LogP contribution in [0.5, 0.6) is 0 Å². The summed E-state index contributed by atoms with van der Waals surface area (Å²) >= 11 is 1.43. The minimum atomic E-state index is -0.247. The van der Waals surface area contributed by atoms with Gasteiger partial charge in [-0.3, -0.25) is 14.3 Å². The fourth-order valence-corrected chi connectivity index (χ4v) is 6.06. The maximum absolute atomic E-state index is 12.9. The summed E-state index contributed by atoms with van der Waals surface area (Å²) in [6.45, 7) is 2.07. The summed E-state index contributed by atoms with van der Waals surface area (Å²) in [6.07, 6.45) is 7.71. The van der Waals surface area contributed by atoms with Crippen LogP contribution in [0.2, 0.25) is 0 Å². The van der Waals surface area contributed by atoms with Crippen molar-refractivity contribution in [1.29, 1.82) is 0 Å². The van der Waals surface area contributed by atoms with E-state index < -0.39 is 0 Å². The summed E-state index contributed by atoms with van der Waals surface area (Å²) in [4.78, 5) is 36.5. The number of thioether (sulfide) groups is 1. The zero-order valence-electron chi connectivity index (χ0n) is 19.4. The summed E-state index contributed by atoms with van der Waals surface area (Å²) in [5, 5.41) is 0.738. The van der Waals surface area contributed by atoms with Crippen molar-refractivity contribution in [3.05, 3.63) is 87.7 Å². The lowest BCUT2D eigenvalue weighted by Gasteiger charge is -2.32. The molecule has 3 heterocycles. The quantitative estimate of drug-likeness (QED) is 0.385. The number of amides is 1. The molecule has 0 unspecified atom stereocenters. The highest BCUT2D eigenvalue weighted by Gasteiger charge is 2.26. The van der Waals surface area contributed by atoms with Crippen molar-refractivity contribution < 1.29 is 4.79 Å². The largest absolute Gasteiger partial charge is 0.349 e. The monoisotopic (exact) mass is 474 g/mol. The number of hydrogen-bond donors (Lipinski definition) is 0. The number of rotatable bonds is 7. The smallest absolute Gasteiger partial charge is 0.342 e. The van der Waals surface area contributed by atoms with Crippen LogP contribution in [-0.2, 0) is 30.6 Å². The van der Waals surface area contributed by atoms with Crippen molar-refractivity contribution >= 4 is 17.7 Å². The fraction of sp³-hybridized carbons (Fsp3) is 0.407. The Bertz CT molecular complexity index is 1190. The molecule has 6 nitrogen and oxygen atoms in total. The van der Waals surface area contributed by atoms with Gasteiger partial charge in [-0.2, -0.15) is 4.98 Å². The van der Waals surface area contributed by atoms with Gasteiger partial charge in [-0.15, -0.1) is 0 Å². The van der Waals surface area contributed by atoms with E-state index in [-0.39, 0.29) is 11.6 Å². The van der Waals surface area contributed by atoms with Crippen molar-refractivity contribution in [2.75, 3.05) is 18.8 Å². The predicted molar refractivity (Wildman–Crippen MR) is 134 cm³/mol. The average Bonchev–Trinajstić information content (AvgIpc) is 3.36. The molecule has 0 spiro atoms. The summed E-state index contributed by atoms with van der Waals surface area (Å²) in [7, 11) is 0. The maximum atomic E-state index is 12.9. The van der Waals surface area contributed by atoms with Crippen LogP contribution in [0, 0.1) is 5.92 Å². The number of hydrogen-bond acceptors (Lipinski definition) is 5. The molecule has 7 heteroatoms. The highest BCUT2D eigenvalue weighted by Crippen LogP contribution is 2.30. The van der Waals surface area contributed by atoms with E-state index in [1.165, 1.54) is 17.3 Å². The summed E-state index contributed by atoms with van der Waals surface area (Å²) in [5.41, 5.74) is 4.17. The molecule has 1 aliphatic heterocycles. The van der Waals surface area contributed by atoms with E-state index in [1.807, 2.05) is 23.1 Å². The summed E-state index contributed by atoms with van der Waals surface area (Å²) in [5.74, 6) is 1.12. The van der Waals surface area contributed by atoms with Crippen LogP contribution >= 0.6 is 11.8 Å². The van der Waals surface area contributed by atoms with E-state index in [0.29, 0.717) is 18.2 Å². The van der Waals surface area contributed by atoms with Gasteiger partial charge in [0.15, 0.2) is 0 Å². The van der Waals surface area contributed by atoms with Gasteiger partial charge < -0.3 is 4.90 Å². The minimum Gasteiger partial charge on any atom is -0.342 e. The Morgan fingerprint density at radius 1 is 1.03 bits per heavy atom. The first-order chi connectivity index (χ1) is 16.7. The molecule has 1 aliphatic carbocycles. The number of benzene rings is 1. The first kappa shape index (κ1) is 22.8. The van der Waals surface area contributed by atoms with E-state index >= 15 is 0 Å². The summed E-state index contributed by atoms with van der Waals surface area (Å²) in [6, 6.07) is 16.3. The molecule has 5 rings (SSSR count). The zero-order valence-corrected chi connectivity index (χ0v) is 20.2. The van der Waals surface area contributed by atoms with E-state index in [4.69, 9.17) is 0 Å². The Balaban J connectivity index is 1.19. The molecule has 2 aromatic heterocycles. The van der Waals surface area contributed by atoms with Crippen molar-refractivity contribution in [2.45, 2.75) is 50.1 Å². The van der Waals surface area contributed by atoms with E-state index in [1.54, 1.807) is 10.8 Å². The molecule has 0 bridgehead atoms. The Hall–Kier alpha value is -2.93. The lowest BCUT2D eigenvalue weighted by molar-refractivity contribution is -0.129. The minimum absolute atomic E-state index is 0.148. The number of carbonyl (C=O) groups is 1. The SMILES string of the molecule is O=C(CSc1nc(=O)n(Cc2ccccn2)c2c1CCC2)N1CCC(Cc2ccccc2)CC1. The van der Waals surface area contributed by atoms with Crippen LogP contribution in [0.25, 0.3) is 0 Å². The molecule has 176 valence electrons. The molecule has 0 saturated carbocycles. The lowest BCUT2D eigenvalue weighted by Crippen LogP contribution is -2.40. The molecule has 1 saturated heterocycles. The molecule has 0 N–H and O–H groups in total. The van der Waals surface area contributed by atoms with Crippen LogP contribution in [-0.4, -0.2) is 44.2 Å². The molecule has 1 aromatic carbocycles. The maximum Gasteiger partial charge on any atom is 0.349 e. The predicted octanol–water partition coefficient (Wildman–Crippen LogP) is 3.75. The van der Waals surface area contributed by atoms with Crippen LogP contribution < -0.4 is 5.69 Å². The fourth-order valence-electron chi connectivity index (χ4n) is 5.08. The first-order valence-electron chi connectivity index (χ1n) is 12.1. The second kappa shape index (κ2) is 10.6. The standard InChI is InChI=1S/C27H30N4O2S/c32-25(30-15-12-21(13-16-30)17-20-7-2-1-3-8-20)19-34-26-23-10-6-11-24(23)31(27(33)29-26)18-22-9-4-5-14-28-22/h1-5,7-9,14,21H,6,10-13,15-19H2. The van der Waals surface area contributed by atoms with Gasteiger partial charge in [0.05, 0.1) is 18.0 Å². The van der Waals surface area contributed by atoms with Gasteiger partial charge in [0.25, 0.3) is 0 Å². The Morgan fingerprint density at radius 2 is 1.82 bits per heavy atom. The van der Waals surface area contributed by atoms with Gasteiger partial charge in [0.2, 0.25) is 5.91 Å². The molecular formula is C27H30N4O2S. The first-order valence-corrected chi connectivity index (χ1v) is 13.1. The molecule has 0 radical (unpaired) electrons. The number of nitrogens with zero attached hydrogens (tertiary/aromatic N) is 4. The van der Waals surface area contributed by atoms with Crippen LogP contribution in [0.15, 0.2) is 64.5 Å². The Morgan fingerprint density at radius 3 is 2.59 bits per heavy atom. The number of fused-ring (bicyclic) bond motifs is 1. The molecule has 0 atom stereocenters. The number of piperidine rings is 1. The highest BCUT2D eigenvalue weighted by atomic mass is 32.2.